The van der Waals surface area contributed by atoms with Gasteiger partial charge in [-0.2, -0.15) is 0 Å². The lowest BCUT2D eigenvalue weighted by molar-refractivity contribution is -0.147. The average Bonchev–Trinajstić information content (AvgIpc) is 3.28. The number of ether oxygens (including phenoxy) is 1. The molecule has 2 aliphatic carbocycles. The van der Waals surface area contributed by atoms with Crippen LogP contribution in [-0.2, 0) is 14.3 Å². The van der Waals surface area contributed by atoms with Gasteiger partial charge in [-0.05, 0) is 49.3 Å². The first kappa shape index (κ1) is 15.7. The molecule has 22 heavy (non-hydrogen) atoms. The van der Waals surface area contributed by atoms with Crippen molar-refractivity contribution in [2.45, 2.75) is 31.7 Å². The van der Waals surface area contributed by atoms with Gasteiger partial charge in [0.05, 0.1) is 19.1 Å². The highest BCUT2D eigenvalue weighted by Gasteiger charge is 2.63. The molecular formula is C17H20BrNO3. The Kier molecular flexibility index (Phi) is 4.12. The summed E-state index contributed by atoms with van der Waals surface area (Å²) in [5, 5.41) is 0. The number of fused-ring (bicyclic) bond motifs is 1. The quantitative estimate of drug-likeness (QED) is 0.832. The Hall–Kier alpha value is -1.20. The van der Waals surface area contributed by atoms with Gasteiger partial charge in [0.25, 0.3) is 0 Å². The minimum Gasteiger partial charge on any atom is -0.469 e. The number of carbonyl (C=O) groups is 2. The van der Waals surface area contributed by atoms with Crippen LogP contribution < -0.4 is 5.73 Å². The van der Waals surface area contributed by atoms with Crippen LogP contribution in [0.3, 0.4) is 0 Å². The van der Waals surface area contributed by atoms with E-state index in [1.807, 2.05) is 24.3 Å². The molecule has 4 nitrogen and oxygen atoms in total. The summed E-state index contributed by atoms with van der Waals surface area (Å²) < 4.78 is 5.81. The Bertz CT molecular complexity index is 600. The number of rotatable bonds is 4. The molecule has 1 aromatic rings. The van der Waals surface area contributed by atoms with Crippen LogP contribution in [0.2, 0.25) is 0 Å². The second-order valence-corrected chi connectivity index (χ2v) is 7.37. The highest BCUT2D eigenvalue weighted by Crippen LogP contribution is 2.64. The van der Waals surface area contributed by atoms with Gasteiger partial charge < -0.3 is 10.5 Å². The molecule has 2 fully saturated rings. The van der Waals surface area contributed by atoms with Gasteiger partial charge in [0.2, 0.25) is 0 Å². The minimum absolute atomic E-state index is 0.0772. The number of nitrogens with two attached hydrogens (primary N) is 1. The molecule has 0 radical (unpaired) electrons. The average molecular weight is 366 g/mol. The lowest BCUT2D eigenvalue weighted by atomic mass is 9.76. The lowest BCUT2D eigenvalue weighted by Crippen LogP contribution is -2.36. The van der Waals surface area contributed by atoms with E-state index in [1.165, 1.54) is 7.11 Å². The number of hydrogen-bond donors (Lipinski definition) is 1. The largest absolute Gasteiger partial charge is 0.469 e. The van der Waals surface area contributed by atoms with Gasteiger partial charge in [-0.1, -0.05) is 28.1 Å². The Balaban J connectivity index is 1.77. The normalized spacial score (nSPS) is 31.0. The Morgan fingerprint density at radius 3 is 2.59 bits per heavy atom. The summed E-state index contributed by atoms with van der Waals surface area (Å²) in [5.74, 6) is 0.107. The number of benzene rings is 1. The maximum Gasteiger partial charge on any atom is 0.308 e. The molecule has 0 aliphatic heterocycles. The summed E-state index contributed by atoms with van der Waals surface area (Å²) in [6.45, 7) is 0. The van der Waals surface area contributed by atoms with Crippen molar-refractivity contribution >= 4 is 27.7 Å². The van der Waals surface area contributed by atoms with Gasteiger partial charge in [-0.15, -0.1) is 0 Å². The third kappa shape index (κ3) is 2.61. The molecule has 0 heterocycles. The number of carbonyl (C=O) groups excluding carboxylic acids is 2. The second-order valence-electron chi connectivity index (χ2n) is 6.45. The van der Waals surface area contributed by atoms with Crippen LogP contribution in [0.4, 0.5) is 0 Å². The third-order valence-corrected chi connectivity index (χ3v) is 5.77. The molecule has 0 aromatic heterocycles. The summed E-state index contributed by atoms with van der Waals surface area (Å²) in [4.78, 5) is 24.7. The summed E-state index contributed by atoms with van der Waals surface area (Å²) in [5.41, 5.74) is 6.63. The molecular weight excluding hydrogens is 346 g/mol. The van der Waals surface area contributed by atoms with Gasteiger partial charge in [0, 0.05) is 9.89 Å². The highest BCUT2D eigenvalue weighted by molar-refractivity contribution is 9.10. The van der Waals surface area contributed by atoms with Gasteiger partial charge in [-0.3, -0.25) is 9.59 Å². The number of halogens is 1. The monoisotopic (exact) mass is 365 g/mol. The van der Waals surface area contributed by atoms with E-state index >= 15 is 0 Å². The van der Waals surface area contributed by atoms with Crippen LogP contribution in [0.25, 0.3) is 0 Å². The molecule has 4 unspecified atom stereocenters. The number of ketones is 1. The lowest BCUT2D eigenvalue weighted by Gasteiger charge is -2.28. The second kappa shape index (κ2) is 5.78. The van der Waals surface area contributed by atoms with Crippen molar-refractivity contribution < 1.29 is 14.3 Å². The van der Waals surface area contributed by atoms with Crippen LogP contribution in [-0.4, -0.2) is 18.9 Å². The van der Waals surface area contributed by atoms with Crippen molar-refractivity contribution in [1.82, 2.24) is 0 Å². The fraction of sp³-hybridized carbons (Fsp3) is 0.529. The van der Waals surface area contributed by atoms with E-state index in [-0.39, 0.29) is 17.7 Å². The predicted molar refractivity (Wildman–Crippen MR) is 86.0 cm³/mol. The first-order valence-electron chi connectivity index (χ1n) is 7.61. The number of hydrogen-bond acceptors (Lipinski definition) is 4. The molecule has 0 spiro atoms. The van der Waals surface area contributed by atoms with Crippen LogP contribution >= 0.6 is 15.9 Å². The van der Waals surface area contributed by atoms with E-state index in [1.54, 1.807) is 0 Å². The Morgan fingerprint density at radius 2 is 1.95 bits per heavy atom. The molecule has 0 amide bonds. The van der Waals surface area contributed by atoms with E-state index in [9.17, 15) is 9.59 Å². The molecule has 4 atom stereocenters. The number of Topliss-reactive ketones (excluding diaryl/α,β-unsaturated/α-hetero) is 1. The third-order valence-electron chi connectivity index (χ3n) is 5.24. The van der Waals surface area contributed by atoms with E-state index < -0.39 is 11.5 Å². The van der Waals surface area contributed by atoms with Gasteiger partial charge in [0.15, 0.2) is 5.78 Å². The molecule has 2 saturated carbocycles. The molecule has 0 saturated heterocycles. The van der Waals surface area contributed by atoms with Crippen molar-refractivity contribution in [3.05, 3.63) is 34.3 Å². The molecule has 118 valence electrons. The molecule has 1 aromatic carbocycles. The zero-order valence-electron chi connectivity index (χ0n) is 12.5. The Morgan fingerprint density at radius 1 is 1.27 bits per heavy atom. The van der Waals surface area contributed by atoms with Crippen molar-refractivity contribution in [2.24, 2.45) is 23.0 Å². The van der Waals surface area contributed by atoms with E-state index in [0.29, 0.717) is 12.3 Å². The standard InChI is InChI=1S/C17H20BrNO3/c1-22-16(21)11-2-5-12-9-17(12,8-11)15(20)14(19)10-3-6-13(18)7-4-10/h3-4,6-7,11-12,14H,2,5,8-9,19H2,1H3. The summed E-state index contributed by atoms with van der Waals surface area (Å²) in [7, 11) is 1.41. The molecule has 2 N–H and O–H groups in total. The van der Waals surface area contributed by atoms with Crippen molar-refractivity contribution in [3.8, 4) is 0 Å². The summed E-state index contributed by atoms with van der Waals surface area (Å²) >= 11 is 3.38. The number of methoxy groups -OCH3 is 1. The Labute approximate surface area is 138 Å². The minimum atomic E-state index is -0.616. The first-order chi connectivity index (χ1) is 10.5. The van der Waals surface area contributed by atoms with Crippen molar-refractivity contribution in [3.63, 3.8) is 0 Å². The van der Waals surface area contributed by atoms with Crippen molar-refractivity contribution in [2.75, 3.05) is 7.11 Å². The fourth-order valence-corrected chi connectivity index (χ4v) is 4.12. The van der Waals surface area contributed by atoms with Crippen LogP contribution in [0.5, 0.6) is 0 Å². The molecule has 2 aliphatic rings. The smallest absolute Gasteiger partial charge is 0.308 e. The van der Waals surface area contributed by atoms with Crippen LogP contribution in [0.1, 0.15) is 37.3 Å². The zero-order chi connectivity index (χ0) is 15.9. The van der Waals surface area contributed by atoms with Gasteiger partial charge in [-0.25, -0.2) is 0 Å². The van der Waals surface area contributed by atoms with E-state index in [2.05, 4.69) is 15.9 Å². The molecule has 0 bridgehead atoms. The molecule has 3 rings (SSSR count). The molecule has 5 heteroatoms. The van der Waals surface area contributed by atoms with Gasteiger partial charge in [0.1, 0.15) is 0 Å². The first-order valence-corrected chi connectivity index (χ1v) is 8.40. The summed E-state index contributed by atoms with van der Waals surface area (Å²) in [6, 6.07) is 6.92. The van der Waals surface area contributed by atoms with E-state index in [0.717, 1.165) is 29.3 Å². The van der Waals surface area contributed by atoms with Gasteiger partial charge >= 0.3 is 5.97 Å². The highest BCUT2D eigenvalue weighted by atomic mass is 79.9. The fourth-order valence-electron chi connectivity index (χ4n) is 3.85. The maximum absolute atomic E-state index is 12.9. The van der Waals surface area contributed by atoms with Crippen molar-refractivity contribution in [1.29, 1.82) is 0 Å². The SMILES string of the molecule is COC(=O)C1CCC2CC2(C(=O)C(N)c2ccc(Br)cc2)C1. The van der Waals surface area contributed by atoms with Crippen LogP contribution in [0, 0.1) is 17.3 Å². The zero-order valence-corrected chi connectivity index (χ0v) is 14.1. The number of esters is 1. The topological polar surface area (TPSA) is 69.4 Å². The summed E-state index contributed by atoms with van der Waals surface area (Å²) in [6.07, 6.45) is 3.19. The maximum atomic E-state index is 12.9. The van der Waals surface area contributed by atoms with E-state index in [4.69, 9.17) is 10.5 Å². The predicted octanol–water partition coefficient (Wildman–Crippen LogP) is 3.00. The van der Waals surface area contributed by atoms with Crippen LogP contribution in [0.15, 0.2) is 28.7 Å².